The lowest BCUT2D eigenvalue weighted by molar-refractivity contribution is -0.384. The van der Waals surface area contributed by atoms with Gasteiger partial charge in [-0.25, -0.2) is 4.90 Å². The van der Waals surface area contributed by atoms with Crippen molar-refractivity contribution in [3.8, 4) is 11.5 Å². The molecule has 0 radical (unpaired) electrons. The maximum Gasteiger partial charge on any atom is 0.308 e. The van der Waals surface area contributed by atoms with Gasteiger partial charge in [-0.15, -0.1) is 0 Å². The number of carbonyl (C=O) groups excluding carboxylic acids is 3. The van der Waals surface area contributed by atoms with Crippen molar-refractivity contribution in [1.82, 2.24) is 4.57 Å². The third-order valence-electron chi connectivity index (χ3n) is 7.52. The number of nitro groups is 1. The number of hydrogen-bond donors (Lipinski definition) is 1. The van der Waals surface area contributed by atoms with Gasteiger partial charge in [0, 0.05) is 28.6 Å². The first-order valence-electron chi connectivity index (χ1n) is 13.3. The number of carbonyl (C=O) groups is 3. The van der Waals surface area contributed by atoms with Crippen LogP contribution in [-0.2, 0) is 20.9 Å². The van der Waals surface area contributed by atoms with Gasteiger partial charge < -0.3 is 14.8 Å². The van der Waals surface area contributed by atoms with E-state index in [-0.39, 0.29) is 17.9 Å². The topological polar surface area (TPSA) is 150 Å². The van der Waals surface area contributed by atoms with Crippen LogP contribution in [0.15, 0.2) is 82.6 Å². The summed E-state index contributed by atoms with van der Waals surface area (Å²) >= 11 is 2.02. The minimum atomic E-state index is -0.901. The fourth-order valence-electron chi connectivity index (χ4n) is 5.42. The first kappa shape index (κ1) is 29.1. The second-order valence-electron chi connectivity index (χ2n) is 10.0. The van der Waals surface area contributed by atoms with Gasteiger partial charge in [-0.3, -0.25) is 33.9 Å². The molecule has 6 rings (SSSR count). The Hall–Kier alpha value is -4.95. The minimum Gasteiger partial charge on any atom is -0.497 e. The van der Waals surface area contributed by atoms with E-state index in [0.717, 1.165) is 28.0 Å². The number of nitro benzene ring substituents is 1. The monoisotopic (exact) mass is 632 g/mol. The van der Waals surface area contributed by atoms with Crippen LogP contribution in [0.1, 0.15) is 16.4 Å². The maximum absolute atomic E-state index is 14.0. The van der Waals surface area contributed by atoms with Crippen molar-refractivity contribution >= 4 is 57.9 Å². The lowest BCUT2D eigenvalue weighted by Gasteiger charge is -2.30. The molecule has 0 saturated carbocycles. The summed E-state index contributed by atoms with van der Waals surface area (Å²) in [4.78, 5) is 66.1. The number of rotatable bonds is 8. The smallest absolute Gasteiger partial charge is 0.308 e. The maximum atomic E-state index is 14.0. The molecule has 3 atom stereocenters. The third-order valence-corrected chi connectivity index (χ3v) is 10.1. The summed E-state index contributed by atoms with van der Waals surface area (Å²) < 4.78 is 11.8. The highest BCUT2D eigenvalue weighted by Gasteiger charge is 2.56. The predicted octanol–water partition coefficient (Wildman–Crippen LogP) is 4.27. The molecule has 3 heterocycles. The summed E-state index contributed by atoms with van der Waals surface area (Å²) in [5.41, 5.74) is 1.26. The lowest BCUT2D eigenvalue weighted by Crippen LogP contribution is -2.33. The third kappa shape index (κ3) is 5.11. The van der Waals surface area contributed by atoms with Crippen molar-refractivity contribution in [3.05, 3.63) is 103 Å². The van der Waals surface area contributed by atoms with Crippen LogP contribution in [-0.4, -0.2) is 46.7 Å². The number of fused-ring (bicyclic) bond motifs is 2. The van der Waals surface area contributed by atoms with Crippen LogP contribution in [0.5, 0.6) is 11.5 Å². The van der Waals surface area contributed by atoms with Crippen LogP contribution in [0.25, 0.3) is 0 Å². The van der Waals surface area contributed by atoms with Crippen LogP contribution < -0.4 is 24.6 Å². The Morgan fingerprint density at radius 3 is 2.11 bits per heavy atom. The summed E-state index contributed by atoms with van der Waals surface area (Å²) in [6, 6.07) is 19.0. The number of hydrogen-bond acceptors (Lipinski definition) is 10. The molecule has 224 valence electrons. The first-order valence-corrected chi connectivity index (χ1v) is 15.0. The zero-order chi connectivity index (χ0) is 31.1. The predicted molar refractivity (Wildman–Crippen MR) is 164 cm³/mol. The highest BCUT2D eigenvalue weighted by atomic mass is 32.2. The van der Waals surface area contributed by atoms with E-state index in [2.05, 4.69) is 5.32 Å². The molecule has 3 aromatic carbocycles. The van der Waals surface area contributed by atoms with E-state index in [1.165, 1.54) is 43.1 Å². The van der Waals surface area contributed by atoms with E-state index >= 15 is 0 Å². The number of amides is 3. The zero-order valence-corrected chi connectivity index (χ0v) is 24.9. The number of ether oxygens (including phenoxy) is 2. The van der Waals surface area contributed by atoms with Gasteiger partial charge in [0.2, 0.25) is 17.7 Å². The van der Waals surface area contributed by atoms with E-state index in [1.807, 2.05) is 0 Å². The molecule has 2 aliphatic heterocycles. The summed E-state index contributed by atoms with van der Waals surface area (Å²) in [5.74, 6) is -1.72. The minimum absolute atomic E-state index is 0.171. The van der Waals surface area contributed by atoms with Gasteiger partial charge in [0.25, 0.3) is 5.69 Å². The number of aromatic nitrogens is 1. The highest BCUT2D eigenvalue weighted by molar-refractivity contribution is 8.00. The molecular weight excluding hydrogens is 608 g/mol. The van der Waals surface area contributed by atoms with E-state index in [0.29, 0.717) is 32.7 Å². The molecule has 3 amide bonds. The number of thioether (sulfide) groups is 1. The van der Waals surface area contributed by atoms with E-state index < -0.39 is 44.6 Å². The molecule has 12 nitrogen and oxygen atoms in total. The van der Waals surface area contributed by atoms with E-state index in [1.54, 1.807) is 48.5 Å². The number of nitrogens with zero attached hydrogens (tertiary/aromatic N) is 3. The fraction of sp³-hybridized carbons (Fsp3) is 0.200. The normalized spacial score (nSPS) is 18.9. The number of non-ortho nitro benzene ring substituents is 1. The molecule has 44 heavy (non-hydrogen) atoms. The molecule has 1 aromatic heterocycles. The summed E-state index contributed by atoms with van der Waals surface area (Å²) in [6.07, 6.45) is 0. The lowest BCUT2D eigenvalue weighted by atomic mass is 9.83. The van der Waals surface area contributed by atoms with Crippen molar-refractivity contribution in [2.75, 3.05) is 24.4 Å². The Bertz CT molecular complexity index is 1830. The van der Waals surface area contributed by atoms with Gasteiger partial charge in [-0.2, -0.15) is 0 Å². The Morgan fingerprint density at radius 1 is 0.909 bits per heavy atom. The quantitative estimate of drug-likeness (QED) is 0.171. The van der Waals surface area contributed by atoms with Crippen LogP contribution in [0.2, 0.25) is 0 Å². The van der Waals surface area contributed by atoms with E-state index in [4.69, 9.17) is 9.47 Å². The second-order valence-corrected chi connectivity index (χ2v) is 12.1. The van der Waals surface area contributed by atoms with Gasteiger partial charge >= 0.3 is 4.87 Å². The Balaban J connectivity index is 1.38. The molecule has 0 unspecified atom stereocenters. The Morgan fingerprint density at radius 2 is 1.52 bits per heavy atom. The number of thiazole rings is 1. The van der Waals surface area contributed by atoms with Crippen LogP contribution in [0.3, 0.4) is 0 Å². The number of anilines is 2. The standard InChI is InChI=1S/C30H24N4O8S2/c1-41-20-11-3-16(4-12-20)23-24-25(28(37)33(27(24)36)18-7-9-19(10-8-18)34(39)40)43-29-26(23)44-30(38)32(29)15-22(35)31-17-5-13-21(42-2)14-6-17/h3-14,23-25H,15H2,1-2H3,(H,31,35)/t23-,24+,25-/m0/s1. The Kier molecular flexibility index (Phi) is 7.69. The molecule has 4 aromatic rings. The van der Waals surface area contributed by atoms with Crippen LogP contribution in [0, 0.1) is 16.0 Å². The average molecular weight is 633 g/mol. The molecule has 14 heteroatoms. The Labute approximate surface area is 258 Å². The van der Waals surface area contributed by atoms with Crippen molar-refractivity contribution in [3.63, 3.8) is 0 Å². The van der Waals surface area contributed by atoms with Crippen LogP contribution in [0.4, 0.5) is 17.1 Å². The number of imide groups is 1. The van der Waals surface area contributed by atoms with Crippen molar-refractivity contribution < 1.29 is 28.8 Å². The summed E-state index contributed by atoms with van der Waals surface area (Å²) in [7, 11) is 3.07. The van der Waals surface area contributed by atoms with Crippen molar-refractivity contribution in [1.29, 1.82) is 0 Å². The van der Waals surface area contributed by atoms with Crippen molar-refractivity contribution in [2.45, 2.75) is 22.7 Å². The first-order chi connectivity index (χ1) is 21.2. The largest absolute Gasteiger partial charge is 0.497 e. The highest BCUT2D eigenvalue weighted by Crippen LogP contribution is 2.54. The van der Waals surface area contributed by atoms with Gasteiger partial charge in [0.05, 0.1) is 35.8 Å². The molecule has 0 spiro atoms. The molecule has 1 fully saturated rings. The zero-order valence-electron chi connectivity index (χ0n) is 23.3. The SMILES string of the molecule is COc1ccc(NC(=O)Cn2c3c(sc2=O)[C@@H](c2ccc(OC)cc2)[C@H]2C(=O)N(c4ccc([N+](=O)[O-])cc4)C(=O)[C@H]2S3)cc1. The van der Waals surface area contributed by atoms with Gasteiger partial charge in [0.15, 0.2) is 0 Å². The molecular formula is C30H24N4O8S2. The summed E-state index contributed by atoms with van der Waals surface area (Å²) in [6.45, 7) is -0.301. The van der Waals surface area contributed by atoms with Gasteiger partial charge in [-0.05, 0) is 54.1 Å². The fourth-order valence-corrected chi connectivity index (χ4v) is 8.20. The van der Waals surface area contributed by atoms with Gasteiger partial charge in [-0.1, -0.05) is 35.2 Å². The number of methoxy groups -OCH3 is 2. The average Bonchev–Trinajstić information content (AvgIpc) is 3.47. The van der Waals surface area contributed by atoms with E-state index in [9.17, 15) is 29.3 Å². The molecule has 2 aliphatic rings. The second kappa shape index (κ2) is 11.6. The molecule has 1 N–H and O–H groups in total. The van der Waals surface area contributed by atoms with Crippen LogP contribution >= 0.6 is 23.1 Å². The van der Waals surface area contributed by atoms with Gasteiger partial charge in [0.1, 0.15) is 23.3 Å². The van der Waals surface area contributed by atoms with Crippen molar-refractivity contribution in [2.24, 2.45) is 5.92 Å². The molecule has 0 bridgehead atoms. The number of benzene rings is 3. The summed E-state index contributed by atoms with van der Waals surface area (Å²) in [5, 5.41) is 13.5. The molecule has 0 aliphatic carbocycles. The number of nitrogens with one attached hydrogen (secondary N) is 1. The molecule has 1 saturated heterocycles.